The molecule has 0 unspecified atom stereocenters. The highest BCUT2D eigenvalue weighted by molar-refractivity contribution is 6.07. The van der Waals surface area contributed by atoms with Crippen molar-refractivity contribution in [2.45, 2.75) is 24.8 Å². The van der Waals surface area contributed by atoms with Crippen LogP contribution in [0.25, 0.3) is 0 Å². The van der Waals surface area contributed by atoms with E-state index in [0.717, 1.165) is 0 Å². The number of amides is 3. The van der Waals surface area contributed by atoms with Gasteiger partial charge in [0.25, 0.3) is 11.6 Å². The number of carbonyl (C=O) groups excluding carboxylic acids is 2. The average Bonchev–Trinajstić information content (AvgIpc) is 2.64. The monoisotopic (exact) mass is 261 g/mol. The summed E-state index contributed by atoms with van der Waals surface area (Å²) in [4.78, 5) is 34.0. The molecule has 1 aliphatic heterocycles. The Kier molecular flexibility index (Phi) is 2.31. The van der Waals surface area contributed by atoms with Crippen LogP contribution in [0, 0.1) is 10.1 Å². The molecule has 19 heavy (non-hydrogen) atoms. The van der Waals surface area contributed by atoms with E-state index in [0.29, 0.717) is 30.4 Å². The largest absolute Gasteiger partial charge is 0.322 e. The van der Waals surface area contributed by atoms with E-state index in [1.165, 1.54) is 6.07 Å². The van der Waals surface area contributed by atoms with Crippen LogP contribution in [-0.2, 0) is 16.8 Å². The molecule has 0 aromatic heterocycles. The van der Waals surface area contributed by atoms with Crippen LogP contribution < -0.4 is 10.6 Å². The second kappa shape index (κ2) is 3.78. The van der Waals surface area contributed by atoms with Crippen molar-refractivity contribution < 1.29 is 14.5 Å². The van der Waals surface area contributed by atoms with E-state index in [1.54, 1.807) is 12.1 Å². The van der Waals surface area contributed by atoms with Crippen LogP contribution in [0.4, 0.5) is 10.5 Å². The standard InChI is InChI=1S/C12H11N3O4/c16-10-12(14-11(17)13-10)6-2-3-7-8(12)4-1-5-9(7)15(18)19/h1,4-5H,2-3,6H2,(H2,13,14,16,17)/t12-/m0/s1. The lowest BCUT2D eigenvalue weighted by atomic mass is 9.76. The van der Waals surface area contributed by atoms with Gasteiger partial charge in [-0.05, 0) is 24.8 Å². The van der Waals surface area contributed by atoms with E-state index in [2.05, 4.69) is 10.6 Å². The van der Waals surface area contributed by atoms with Crippen LogP contribution in [0.5, 0.6) is 0 Å². The summed E-state index contributed by atoms with van der Waals surface area (Å²) in [5, 5.41) is 15.9. The fourth-order valence-corrected chi connectivity index (χ4v) is 2.93. The smallest absolute Gasteiger partial charge is 0.319 e. The molecule has 0 radical (unpaired) electrons. The first-order valence-corrected chi connectivity index (χ1v) is 5.95. The molecule has 2 aliphatic rings. The van der Waals surface area contributed by atoms with Gasteiger partial charge in [0.1, 0.15) is 5.54 Å². The first-order valence-electron chi connectivity index (χ1n) is 5.95. The molecule has 7 nitrogen and oxygen atoms in total. The van der Waals surface area contributed by atoms with Crippen LogP contribution in [0.15, 0.2) is 18.2 Å². The zero-order chi connectivity index (χ0) is 13.6. The van der Waals surface area contributed by atoms with Crippen molar-refractivity contribution in [2.75, 3.05) is 0 Å². The van der Waals surface area contributed by atoms with E-state index >= 15 is 0 Å². The number of nitro groups is 1. The van der Waals surface area contributed by atoms with Crippen LogP contribution in [0.3, 0.4) is 0 Å². The first-order chi connectivity index (χ1) is 9.04. The summed E-state index contributed by atoms with van der Waals surface area (Å²) >= 11 is 0. The third-order valence-corrected chi connectivity index (χ3v) is 3.73. The second-order valence-electron chi connectivity index (χ2n) is 4.73. The first kappa shape index (κ1) is 11.6. The van der Waals surface area contributed by atoms with Crippen molar-refractivity contribution in [2.24, 2.45) is 0 Å². The van der Waals surface area contributed by atoms with Gasteiger partial charge in [-0.2, -0.15) is 0 Å². The molecule has 1 saturated heterocycles. The summed E-state index contributed by atoms with van der Waals surface area (Å²) in [6, 6.07) is 4.09. The number of nitrogens with one attached hydrogen (secondary N) is 2. The van der Waals surface area contributed by atoms with Gasteiger partial charge in [0.15, 0.2) is 0 Å². The van der Waals surface area contributed by atoms with Gasteiger partial charge in [-0.3, -0.25) is 20.2 Å². The van der Waals surface area contributed by atoms with Crippen molar-refractivity contribution >= 4 is 17.6 Å². The van der Waals surface area contributed by atoms with Crippen LogP contribution >= 0.6 is 0 Å². The molecule has 0 bridgehead atoms. The van der Waals surface area contributed by atoms with Gasteiger partial charge in [0.05, 0.1) is 4.92 Å². The maximum atomic E-state index is 12.0. The Labute approximate surface area is 108 Å². The average molecular weight is 261 g/mol. The van der Waals surface area contributed by atoms with Crippen molar-refractivity contribution in [3.05, 3.63) is 39.4 Å². The Hall–Kier alpha value is -2.44. The van der Waals surface area contributed by atoms with Crippen LogP contribution in [0.2, 0.25) is 0 Å². The van der Waals surface area contributed by atoms with Crippen molar-refractivity contribution in [1.82, 2.24) is 10.6 Å². The molecular formula is C12H11N3O4. The van der Waals surface area contributed by atoms with Crippen molar-refractivity contribution in [3.63, 3.8) is 0 Å². The minimum atomic E-state index is -1.14. The topological polar surface area (TPSA) is 101 Å². The maximum Gasteiger partial charge on any atom is 0.322 e. The van der Waals surface area contributed by atoms with Gasteiger partial charge < -0.3 is 5.32 Å². The van der Waals surface area contributed by atoms with Crippen LogP contribution in [0.1, 0.15) is 24.0 Å². The number of urea groups is 1. The lowest BCUT2D eigenvalue weighted by molar-refractivity contribution is -0.385. The molecule has 98 valence electrons. The Morgan fingerprint density at radius 2 is 2.11 bits per heavy atom. The molecule has 3 amide bonds. The Bertz CT molecular complexity index is 613. The minimum absolute atomic E-state index is 0.00511. The summed E-state index contributed by atoms with van der Waals surface area (Å²) in [5.74, 6) is -0.432. The molecule has 7 heteroatoms. The zero-order valence-electron chi connectivity index (χ0n) is 9.93. The Balaban J connectivity index is 2.21. The molecule has 2 N–H and O–H groups in total. The number of benzene rings is 1. The number of fused-ring (bicyclic) bond motifs is 2. The number of nitro benzene ring substituents is 1. The normalized spacial score (nSPS) is 24.8. The summed E-state index contributed by atoms with van der Waals surface area (Å²) in [6.07, 6.45) is 1.61. The van der Waals surface area contributed by atoms with E-state index in [-0.39, 0.29) is 5.69 Å². The second-order valence-corrected chi connectivity index (χ2v) is 4.73. The maximum absolute atomic E-state index is 12.0. The predicted molar refractivity (Wildman–Crippen MR) is 64.4 cm³/mol. The molecule has 1 aromatic rings. The third-order valence-electron chi connectivity index (χ3n) is 3.73. The number of hydrogen-bond acceptors (Lipinski definition) is 4. The SMILES string of the molecule is O=C1NC(=O)[C@@]2(CCCc3c([N+](=O)[O-])cccc32)N1. The summed E-state index contributed by atoms with van der Waals surface area (Å²) < 4.78 is 0. The van der Waals surface area contributed by atoms with Gasteiger partial charge in [0.2, 0.25) is 0 Å². The fraction of sp³-hybridized carbons (Fsp3) is 0.333. The summed E-state index contributed by atoms with van der Waals surface area (Å²) in [5.41, 5.74) is -0.0608. The molecule has 1 heterocycles. The highest BCUT2D eigenvalue weighted by Crippen LogP contribution is 2.40. The van der Waals surface area contributed by atoms with Gasteiger partial charge >= 0.3 is 6.03 Å². The molecule has 1 spiro atoms. The van der Waals surface area contributed by atoms with Crippen molar-refractivity contribution in [3.8, 4) is 0 Å². The molecule has 1 aliphatic carbocycles. The molecule has 1 atom stereocenters. The number of rotatable bonds is 1. The Morgan fingerprint density at radius 3 is 2.74 bits per heavy atom. The summed E-state index contributed by atoms with van der Waals surface area (Å²) in [6.45, 7) is 0. The Morgan fingerprint density at radius 1 is 1.32 bits per heavy atom. The number of nitrogens with zero attached hydrogens (tertiary/aromatic N) is 1. The van der Waals surface area contributed by atoms with E-state index in [9.17, 15) is 19.7 Å². The zero-order valence-corrected chi connectivity index (χ0v) is 9.93. The molecular weight excluding hydrogens is 250 g/mol. The third kappa shape index (κ3) is 1.51. The van der Waals surface area contributed by atoms with Crippen molar-refractivity contribution in [1.29, 1.82) is 0 Å². The minimum Gasteiger partial charge on any atom is -0.319 e. The lowest BCUT2D eigenvalue weighted by Gasteiger charge is -2.32. The van der Waals surface area contributed by atoms with Gasteiger partial charge in [-0.15, -0.1) is 0 Å². The number of hydrogen-bond donors (Lipinski definition) is 2. The van der Waals surface area contributed by atoms with Gasteiger partial charge in [-0.1, -0.05) is 12.1 Å². The lowest BCUT2D eigenvalue weighted by Crippen LogP contribution is -2.46. The highest BCUT2D eigenvalue weighted by atomic mass is 16.6. The summed E-state index contributed by atoms with van der Waals surface area (Å²) in [7, 11) is 0. The number of carbonyl (C=O) groups is 2. The number of imide groups is 1. The van der Waals surface area contributed by atoms with Crippen LogP contribution in [-0.4, -0.2) is 16.9 Å². The predicted octanol–water partition coefficient (Wildman–Crippen LogP) is 0.966. The van der Waals surface area contributed by atoms with E-state index < -0.39 is 22.4 Å². The molecule has 1 aromatic carbocycles. The highest BCUT2D eigenvalue weighted by Gasteiger charge is 2.50. The van der Waals surface area contributed by atoms with Gasteiger partial charge in [0, 0.05) is 11.6 Å². The van der Waals surface area contributed by atoms with Gasteiger partial charge in [-0.25, -0.2) is 4.79 Å². The molecule has 1 fully saturated rings. The molecule has 0 saturated carbocycles. The fourth-order valence-electron chi connectivity index (χ4n) is 2.93. The molecule has 3 rings (SSSR count). The van der Waals surface area contributed by atoms with E-state index in [1.807, 2.05) is 0 Å². The van der Waals surface area contributed by atoms with E-state index in [4.69, 9.17) is 0 Å². The quantitative estimate of drug-likeness (QED) is 0.446.